The van der Waals surface area contributed by atoms with Crippen LogP contribution >= 0.6 is 0 Å². The van der Waals surface area contributed by atoms with E-state index in [-0.39, 0.29) is 6.61 Å². The number of ether oxygens (including phenoxy) is 1. The first-order valence-corrected chi connectivity index (χ1v) is 10.3. The van der Waals surface area contributed by atoms with Crippen LogP contribution in [0.5, 0.6) is 0 Å². The van der Waals surface area contributed by atoms with Gasteiger partial charge < -0.3 is 20.1 Å². The zero-order valence-electron chi connectivity index (χ0n) is 16.3. The van der Waals surface area contributed by atoms with Gasteiger partial charge in [0.25, 0.3) is 0 Å². The molecule has 6 nitrogen and oxygen atoms in total. The molecular weight excluding hydrogens is 336 g/mol. The van der Waals surface area contributed by atoms with Crippen LogP contribution in [-0.2, 0) is 14.3 Å². The molecule has 6 heteroatoms. The molecule has 0 radical (unpaired) electrons. The molecule has 0 aliphatic carbocycles. The summed E-state index contributed by atoms with van der Waals surface area (Å²) in [5, 5.41) is 26.8. The number of aliphatic carboxylic acids is 1. The van der Waals surface area contributed by atoms with Crippen molar-refractivity contribution in [2.75, 3.05) is 6.61 Å². The van der Waals surface area contributed by atoms with Gasteiger partial charge in [0.1, 0.15) is 0 Å². The molecule has 0 saturated heterocycles. The second kappa shape index (κ2) is 17.3. The Labute approximate surface area is 157 Å². The summed E-state index contributed by atoms with van der Waals surface area (Å²) in [6.07, 6.45) is 13.0. The SMILES string of the molecule is CCCCCCCCCCCCCCCCOC(=O)[C@H](O)[C@@H](O)C(=O)O. The fraction of sp³-hybridized carbons (Fsp3) is 0.900. The molecule has 154 valence electrons. The van der Waals surface area contributed by atoms with Crippen LogP contribution in [0.15, 0.2) is 0 Å². The minimum Gasteiger partial charge on any atom is -0.479 e. The van der Waals surface area contributed by atoms with Crippen LogP contribution in [0.2, 0.25) is 0 Å². The molecule has 26 heavy (non-hydrogen) atoms. The highest BCUT2D eigenvalue weighted by Gasteiger charge is 2.31. The van der Waals surface area contributed by atoms with Gasteiger partial charge in [0.15, 0.2) is 12.2 Å². The molecule has 0 aliphatic rings. The normalized spacial score (nSPS) is 13.3. The first-order valence-electron chi connectivity index (χ1n) is 10.3. The zero-order valence-corrected chi connectivity index (χ0v) is 16.3. The monoisotopic (exact) mass is 374 g/mol. The molecule has 3 N–H and O–H groups in total. The molecule has 0 heterocycles. The third-order valence-electron chi connectivity index (χ3n) is 4.54. The van der Waals surface area contributed by atoms with Gasteiger partial charge in [0.05, 0.1) is 6.61 Å². The van der Waals surface area contributed by atoms with E-state index in [1.54, 1.807) is 0 Å². The summed E-state index contributed by atoms with van der Waals surface area (Å²) >= 11 is 0. The Balaban J connectivity index is 3.31. The number of hydrogen-bond acceptors (Lipinski definition) is 5. The second-order valence-corrected chi connectivity index (χ2v) is 6.99. The van der Waals surface area contributed by atoms with Crippen LogP contribution in [0, 0.1) is 0 Å². The van der Waals surface area contributed by atoms with Gasteiger partial charge in [0.2, 0.25) is 0 Å². The van der Waals surface area contributed by atoms with Crippen molar-refractivity contribution >= 4 is 11.9 Å². The second-order valence-electron chi connectivity index (χ2n) is 6.99. The number of carbonyl (C=O) groups is 2. The number of carbonyl (C=O) groups excluding carboxylic acids is 1. The summed E-state index contributed by atoms with van der Waals surface area (Å²) < 4.78 is 4.77. The van der Waals surface area contributed by atoms with Crippen molar-refractivity contribution in [1.82, 2.24) is 0 Å². The maximum atomic E-state index is 11.3. The topological polar surface area (TPSA) is 104 Å². The van der Waals surface area contributed by atoms with Crippen molar-refractivity contribution < 1.29 is 29.6 Å². The lowest BCUT2D eigenvalue weighted by atomic mass is 10.0. The van der Waals surface area contributed by atoms with E-state index in [2.05, 4.69) is 6.92 Å². The van der Waals surface area contributed by atoms with Gasteiger partial charge in [-0.3, -0.25) is 0 Å². The van der Waals surface area contributed by atoms with E-state index in [9.17, 15) is 14.7 Å². The molecule has 0 bridgehead atoms. The maximum Gasteiger partial charge on any atom is 0.338 e. The van der Waals surface area contributed by atoms with Crippen molar-refractivity contribution in [2.24, 2.45) is 0 Å². The van der Waals surface area contributed by atoms with Gasteiger partial charge in [-0.15, -0.1) is 0 Å². The summed E-state index contributed by atoms with van der Waals surface area (Å²) in [7, 11) is 0. The molecule has 0 aromatic heterocycles. The number of unbranched alkanes of at least 4 members (excludes halogenated alkanes) is 13. The highest BCUT2D eigenvalue weighted by Crippen LogP contribution is 2.13. The van der Waals surface area contributed by atoms with Crippen LogP contribution in [0.1, 0.15) is 96.8 Å². The smallest absolute Gasteiger partial charge is 0.338 e. The largest absolute Gasteiger partial charge is 0.479 e. The number of esters is 1. The van der Waals surface area contributed by atoms with Crippen molar-refractivity contribution in [3.8, 4) is 0 Å². The molecule has 0 saturated carbocycles. The predicted octanol–water partition coefficient (Wildman–Crippen LogP) is 3.82. The molecule has 0 aliphatic heterocycles. The molecule has 2 atom stereocenters. The predicted molar refractivity (Wildman–Crippen MR) is 101 cm³/mol. The standard InChI is InChI=1S/C20H38O6/c1-2-3-4-5-6-7-8-9-10-11-12-13-14-15-16-26-20(25)18(22)17(21)19(23)24/h17-18,21-22H,2-16H2,1H3,(H,23,24)/t17-,18-/m1/s1. The lowest BCUT2D eigenvalue weighted by Crippen LogP contribution is -2.40. The van der Waals surface area contributed by atoms with Crippen LogP contribution < -0.4 is 0 Å². The van der Waals surface area contributed by atoms with Gasteiger partial charge in [-0.05, 0) is 6.42 Å². The minimum atomic E-state index is -2.14. The Kier molecular flexibility index (Phi) is 16.5. The zero-order chi connectivity index (χ0) is 19.6. The van der Waals surface area contributed by atoms with Crippen LogP contribution in [0.3, 0.4) is 0 Å². The summed E-state index contributed by atoms with van der Waals surface area (Å²) in [4.78, 5) is 21.8. The third kappa shape index (κ3) is 14.1. The summed E-state index contributed by atoms with van der Waals surface area (Å²) in [5.41, 5.74) is 0. The van der Waals surface area contributed by atoms with Crippen LogP contribution in [0.4, 0.5) is 0 Å². The molecule has 0 fully saturated rings. The van der Waals surface area contributed by atoms with E-state index in [1.807, 2.05) is 0 Å². The highest BCUT2D eigenvalue weighted by atomic mass is 16.5. The summed E-state index contributed by atoms with van der Waals surface area (Å²) in [5.74, 6) is -2.74. The first-order chi connectivity index (χ1) is 12.5. The molecule has 0 spiro atoms. The lowest BCUT2D eigenvalue weighted by Gasteiger charge is -2.13. The molecule has 0 aromatic rings. The van der Waals surface area contributed by atoms with Gasteiger partial charge in [-0.25, -0.2) is 9.59 Å². The number of hydrogen-bond donors (Lipinski definition) is 3. The van der Waals surface area contributed by atoms with E-state index in [0.717, 1.165) is 12.8 Å². The Morgan fingerprint density at radius 2 is 1.08 bits per heavy atom. The molecular formula is C20H38O6. The number of aliphatic hydroxyl groups excluding tert-OH is 2. The van der Waals surface area contributed by atoms with Crippen molar-refractivity contribution in [1.29, 1.82) is 0 Å². The van der Waals surface area contributed by atoms with E-state index in [0.29, 0.717) is 6.42 Å². The van der Waals surface area contributed by atoms with Crippen molar-refractivity contribution in [3.05, 3.63) is 0 Å². The van der Waals surface area contributed by atoms with E-state index >= 15 is 0 Å². The Bertz CT molecular complexity index is 358. The minimum absolute atomic E-state index is 0.139. The van der Waals surface area contributed by atoms with Crippen LogP contribution in [0.25, 0.3) is 0 Å². The number of carboxylic acids is 1. The fourth-order valence-electron chi connectivity index (χ4n) is 2.82. The molecule has 0 amide bonds. The van der Waals surface area contributed by atoms with E-state index in [4.69, 9.17) is 14.9 Å². The molecule has 0 unspecified atom stereocenters. The molecule has 0 aromatic carbocycles. The van der Waals surface area contributed by atoms with Gasteiger partial charge >= 0.3 is 11.9 Å². The average molecular weight is 375 g/mol. The molecule has 0 rings (SSSR count). The third-order valence-corrected chi connectivity index (χ3v) is 4.54. The Morgan fingerprint density at radius 3 is 1.46 bits per heavy atom. The van der Waals surface area contributed by atoms with Crippen LogP contribution in [-0.4, -0.2) is 46.1 Å². The van der Waals surface area contributed by atoms with Crippen molar-refractivity contribution in [3.63, 3.8) is 0 Å². The first kappa shape index (κ1) is 24.9. The Morgan fingerprint density at radius 1 is 0.692 bits per heavy atom. The average Bonchev–Trinajstić information content (AvgIpc) is 2.63. The van der Waals surface area contributed by atoms with Crippen molar-refractivity contribution in [2.45, 2.75) is 109 Å². The summed E-state index contributed by atoms with van der Waals surface area (Å²) in [6, 6.07) is 0. The Hall–Kier alpha value is -1.14. The van der Waals surface area contributed by atoms with Gasteiger partial charge in [-0.2, -0.15) is 0 Å². The number of aliphatic hydroxyl groups is 2. The highest BCUT2D eigenvalue weighted by molar-refractivity contribution is 5.84. The lowest BCUT2D eigenvalue weighted by molar-refractivity contribution is -0.169. The maximum absolute atomic E-state index is 11.3. The number of rotatable bonds is 18. The van der Waals surface area contributed by atoms with Gasteiger partial charge in [-0.1, -0.05) is 90.4 Å². The van der Waals surface area contributed by atoms with E-state index in [1.165, 1.54) is 70.6 Å². The number of carboxylic acid groups (broad SMARTS) is 1. The van der Waals surface area contributed by atoms with Gasteiger partial charge in [0, 0.05) is 0 Å². The van der Waals surface area contributed by atoms with E-state index < -0.39 is 24.1 Å². The quantitative estimate of drug-likeness (QED) is 0.249. The fourth-order valence-corrected chi connectivity index (χ4v) is 2.82. The summed E-state index contributed by atoms with van der Waals surface area (Å²) in [6.45, 7) is 2.38.